The number of fused-ring (bicyclic) bond motifs is 1. The third-order valence-corrected chi connectivity index (χ3v) is 7.82. The van der Waals surface area contributed by atoms with Crippen LogP contribution in [0, 0.1) is 11.8 Å². The fraction of sp³-hybridized carbons (Fsp3) is 0.455. The second-order valence-corrected chi connectivity index (χ2v) is 10.9. The van der Waals surface area contributed by atoms with Gasteiger partial charge in [-0.15, -0.1) is 0 Å². The van der Waals surface area contributed by atoms with Crippen LogP contribution in [0.25, 0.3) is 0 Å². The molecule has 0 bridgehead atoms. The molecule has 0 radical (unpaired) electrons. The van der Waals surface area contributed by atoms with Gasteiger partial charge in [0, 0.05) is 11.3 Å². The number of allylic oxidation sites excluding steroid dienone is 2. The number of imide groups is 1. The summed E-state index contributed by atoms with van der Waals surface area (Å²) in [5.41, 5.74) is 3.00. The van der Waals surface area contributed by atoms with Gasteiger partial charge in [-0.05, 0) is 74.7 Å². The molecular weight excluding hydrogens is 504 g/mol. The molecule has 1 N–H and O–H groups in total. The first kappa shape index (κ1) is 29.2. The Morgan fingerprint density at radius 2 is 1.43 bits per heavy atom. The average molecular weight is 545 g/mol. The molecule has 40 heavy (non-hydrogen) atoms. The van der Waals surface area contributed by atoms with Gasteiger partial charge in [0.1, 0.15) is 0 Å². The first-order chi connectivity index (χ1) is 19.4. The van der Waals surface area contributed by atoms with E-state index in [0.29, 0.717) is 42.0 Å². The van der Waals surface area contributed by atoms with Crippen LogP contribution in [0.4, 0.5) is 11.4 Å². The third kappa shape index (κ3) is 7.26. The van der Waals surface area contributed by atoms with E-state index in [4.69, 9.17) is 4.74 Å². The summed E-state index contributed by atoms with van der Waals surface area (Å²) in [7, 11) is 0. The fourth-order valence-corrected chi connectivity index (χ4v) is 5.43. The second-order valence-electron chi connectivity index (χ2n) is 10.9. The molecule has 1 aliphatic carbocycles. The lowest BCUT2D eigenvalue weighted by Gasteiger charge is -2.18. The molecule has 1 fully saturated rings. The minimum atomic E-state index is -0.367. The number of carbonyl (C=O) groups is 4. The van der Waals surface area contributed by atoms with Crippen molar-refractivity contribution in [2.45, 2.75) is 78.1 Å². The molecule has 3 amide bonds. The first-order valence-corrected chi connectivity index (χ1v) is 14.6. The van der Waals surface area contributed by atoms with Crippen LogP contribution in [0.15, 0.2) is 60.2 Å². The van der Waals surface area contributed by atoms with Crippen LogP contribution in [0.3, 0.4) is 0 Å². The van der Waals surface area contributed by atoms with Crippen molar-refractivity contribution >= 4 is 35.1 Å². The standard InChI is InChI=1S/C33H40N2O5/c1-3-4-5-6-7-8-9-10-21-40-33(39)25-12-16-26(17-13-25)34-30(36)24-14-18-27(19-15-24)35-31(37)28-20-11-23(2)22-29(28)32(35)38/h11-19,28-29H,3-10,20-22H2,1-2H3,(H,34,36)/t28-,29+/m0/s1. The Bertz CT molecular complexity index is 1230. The van der Waals surface area contributed by atoms with Crippen LogP contribution in [0.2, 0.25) is 0 Å². The predicted octanol–water partition coefficient (Wildman–Crippen LogP) is 7.08. The van der Waals surface area contributed by atoms with Crippen LogP contribution in [0.5, 0.6) is 0 Å². The number of anilines is 2. The van der Waals surface area contributed by atoms with Gasteiger partial charge in [-0.25, -0.2) is 4.79 Å². The Hall–Kier alpha value is -3.74. The molecule has 7 heteroatoms. The quantitative estimate of drug-likeness (QED) is 0.126. The molecule has 7 nitrogen and oxygen atoms in total. The maximum atomic E-state index is 12.9. The van der Waals surface area contributed by atoms with Crippen LogP contribution >= 0.6 is 0 Å². The van der Waals surface area contributed by atoms with Crippen molar-refractivity contribution in [2.24, 2.45) is 11.8 Å². The molecule has 212 valence electrons. The van der Waals surface area contributed by atoms with E-state index >= 15 is 0 Å². The molecule has 1 heterocycles. The average Bonchev–Trinajstić information content (AvgIpc) is 3.21. The Labute approximate surface area is 237 Å². The van der Waals surface area contributed by atoms with Gasteiger partial charge in [0.2, 0.25) is 11.8 Å². The SMILES string of the molecule is CCCCCCCCCCOC(=O)c1ccc(NC(=O)c2ccc(N3C(=O)[C@H]4CC=C(C)C[C@H]4C3=O)cc2)cc1. The minimum Gasteiger partial charge on any atom is -0.462 e. The van der Waals surface area contributed by atoms with E-state index in [1.165, 1.54) is 43.4 Å². The summed E-state index contributed by atoms with van der Waals surface area (Å²) < 4.78 is 5.39. The van der Waals surface area contributed by atoms with Crippen LogP contribution in [0.1, 0.15) is 98.8 Å². The van der Waals surface area contributed by atoms with E-state index in [2.05, 4.69) is 12.2 Å². The summed E-state index contributed by atoms with van der Waals surface area (Å²) in [5, 5.41) is 2.82. The number of hydrogen-bond donors (Lipinski definition) is 1. The fourth-order valence-electron chi connectivity index (χ4n) is 5.43. The highest BCUT2D eigenvalue weighted by Crippen LogP contribution is 2.39. The number of nitrogens with one attached hydrogen (secondary N) is 1. The van der Waals surface area contributed by atoms with Crippen molar-refractivity contribution in [1.29, 1.82) is 0 Å². The molecule has 1 aliphatic heterocycles. The lowest BCUT2D eigenvalue weighted by Crippen LogP contribution is -2.30. The normalized spacial score (nSPS) is 18.4. The zero-order chi connectivity index (χ0) is 28.5. The van der Waals surface area contributed by atoms with Crippen molar-refractivity contribution in [3.63, 3.8) is 0 Å². The van der Waals surface area contributed by atoms with Crippen LogP contribution in [-0.2, 0) is 14.3 Å². The van der Waals surface area contributed by atoms with Gasteiger partial charge in [0.05, 0.1) is 29.7 Å². The van der Waals surface area contributed by atoms with Gasteiger partial charge in [0.25, 0.3) is 5.91 Å². The summed E-state index contributed by atoms with van der Waals surface area (Å²) in [5.74, 6) is -1.64. The van der Waals surface area contributed by atoms with E-state index in [1.54, 1.807) is 48.5 Å². The number of rotatable bonds is 13. The van der Waals surface area contributed by atoms with Gasteiger partial charge >= 0.3 is 5.97 Å². The predicted molar refractivity (Wildman–Crippen MR) is 156 cm³/mol. The zero-order valence-corrected chi connectivity index (χ0v) is 23.6. The number of benzene rings is 2. The molecule has 2 aromatic rings. The Balaban J connectivity index is 1.23. The minimum absolute atomic E-state index is 0.170. The number of ether oxygens (including phenoxy) is 1. The van der Waals surface area contributed by atoms with Gasteiger partial charge in [-0.1, -0.05) is 63.5 Å². The highest BCUT2D eigenvalue weighted by atomic mass is 16.5. The molecule has 2 aromatic carbocycles. The zero-order valence-electron chi connectivity index (χ0n) is 23.6. The van der Waals surface area contributed by atoms with E-state index < -0.39 is 0 Å². The number of amides is 3. The van der Waals surface area contributed by atoms with Crippen molar-refractivity contribution in [1.82, 2.24) is 0 Å². The molecule has 0 unspecified atom stereocenters. The van der Waals surface area contributed by atoms with Crippen LogP contribution in [-0.4, -0.2) is 30.3 Å². The first-order valence-electron chi connectivity index (χ1n) is 14.6. The van der Waals surface area contributed by atoms with Gasteiger partial charge < -0.3 is 10.1 Å². The smallest absolute Gasteiger partial charge is 0.338 e. The number of nitrogens with zero attached hydrogens (tertiary/aromatic N) is 1. The lowest BCUT2D eigenvalue weighted by molar-refractivity contribution is -0.122. The number of esters is 1. The van der Waals surface area contributed by atoms with Crippen LogP contribution < -0.4 is 10.2 Å². The van der Waals surface area contributed by atoms with Crippen molar-refractivity contribution < 1.29 is 23.9 Å². The van der Waals surface area contributed by atoms with E-state index in [1.807, 2.05) is 13.0 Å². The molecule has 1 saturated heterocycles. The topological polar surface area (TPSA) is 92.8 Å². The van der Waals surface area contributed by atoms with Gasteiger partial charge in [-0.2, -0.15) is 0 Å². The molecule has 0 spiro atoms. The number of hydrogen-bond acceptors (Lipinski definition) is 5. The second kappa shape index (κ2) is 14.1. The Morgan fingerprint density at radius 1 is 0.825 bits per heavy atom. The van der Waals surface area contributed by atoms with E-state index in [-0.39, 0.29) is 35.5 Å². The van der Waals surface area contributed by atoms with Crippen molar-refractivity contribution in [3.05, 3.63) is 71.3 Å². The highest BCUT2D eigenvalue weighted by Gasteiger charge is 2.48. The van der Waals surface area contributed by atoms with Gasteiger partial charge in [0.15, 0.2) is 0 Å². The van der Waals surface area contributed by atoms with E-state index in [9.17, 15) is 19.2 Å². The Morgan fingerprint density at radius 3 is 2.10 bits per heavy atom. The van der Waals surface area contributed by atoms with E-state index in [0.717, 1.165) is 18.4 Å². The lowest BCUT2D eigenvalue weighted by atomic mass is 9.82. The number of unbranched alkanes of at least 4 members (excludes halogenated alkanes) is 7. The summed E-state index contributed by atoms with van der Waals surface area (Å²) in [4.78, 5) is 52.2. The maximum absolute atomic E-state index is 12.9. The molecule has 0 aromatic heterocycles. The highest BCUT2D eigenvalue weighted by molar-refractivity contribution is 6.22. The summed E-state index contributed by atoms with van der Waals surface area (Å²) in [6, 6.07) is 13.1. The van der Waals surface area contributed by atoms with Gasteiger partial charge in [-0.3, -0.25) is 19.3 Å². The molecule has 2 aliphatic rings. The monoisotopic (exact) mass is 544 g/mol. The van der Waals surface area contributed by atoms with Crippen molar-refractivity contribution in [3.8, 4) is 0 Å². The summed E-state index contributed by atoms with van der Waals surface area (Å²) in [6.45, 7) is 4.61. The molecule has 4 rings (SSSR count). The third-order valence-electron chi connectivity index (χ3n) is 7.82. The summed E-state index contributed by atoms with van der Waals surface area (Å²) >= 11 is 0. The molecule has 0 saturated carbocycles. The summed E-state index contributed by atoms with van der Waals surface area (Å²) in [6.07, 6.45) is 12.7. The largest absolute Gasteiger partial charge is 0.462 e. The molecular formula is C33H40N2O5. The number of carbonyl (C=O) groups excluding carboxylic acids is 4. The Kier molecular flexibility index (Phi) is 10.3. The maximum Gasteiger partial charge on any atom is 0.338 e. The van der Waals surface area contributed by atoms with Crippen molar-refractivity contribution in [2.75, 3.05) is 16.8 Å². The molecule has 2 atom stereocenters.